The number of anilines is 1. The first kappa shape index (κ1) is 20.7. The molecule has 158 valence electrons. The molecule has 2 aromatic heterocycles. The maximum absolute atomic E-state index is 13.8. The first-order valence-corrected chi connectivity index (χ1v) is 9.90. The van der Waals surface area contributed by atoms with Gasteiger partial charge in [0.2, 0.25) is 0 Å². The number of aromatic nitrogens is 2. The Morgan fingerprint density at radius 1 is 1.23 bits per heavy atom. The summed E-state index contributed by atoms with van der Waals surface area (Å²) in [6.45, 7) is 2.33. The van der Waals surface area contributed by atoms with Crippen LogP contribution in [0.2, 0.25) is 5.02 Å². The molecule has 0 aliphatic carbocycles. The topological polar surface area (TPSA) is 69.3 Å². The van der Waals surface area contributed by atoms with Crippen LogP contribution in [0.3, 0.4) is 0 Å². The molecule has 2 aromatic carbocycles. The number of benzene rings is 2. The predicted octanol–water partition coefficient (Wildman–Crippen LogP) is 5.46. The van der Waals surface area contributed by atoms with E-state index in [0.717, 1.165) is 5.56 Å². The molecule has 0 radical (unpaired) electrons. The molecule has 0 fully saturated rings. The fourth-order valence-corrected chi connectivity index (χ4v) is 3.24. The molecule has 0 saturated heterocycles. The first-order chi connectivity index (χ1) is 15.0. The SMILES string of the molecule is Cc1cc(Cl)ccc1OCc1ccc(C(=O)Nc2cnn(Cc3ccccc3F)c2)o1. The third-order valence-electron chi connectivity index (χ3n) is 4.57. The van der Waals surface area contributed by atoms with Crippen molar-refractivity contribution in [2.24, 2.45) is 0 Å². The maximum atomic E-state index is 13.8. The second-order valence-electron chi connectivity index (χ2n) is 6.94. The van der Waals surface area contributed by atoms with Crippen molar-refractivity contribution in [3.8, 4) is 5.75 Å². The molecule has 0 unspecified atom stereocenters. The highest BCUT2D eigenvalue weighted by Crippen LogP contribution is 2.23. The van der Waals surface area contributed by atoms with Gasteiger partial charge in [-0.15, -0.1) is 0 Å². The Hall–Kier alpha value is -3.58. The zero-order chi connectivity index (χ0) is 21.8. The average Bonchev–Trinajstić information content (AvgIpc) is 3.39. The van der Waals surface area contributed by atoms with Crippen LogP contribution in [0.15, 0.2) is 71.4 Å². The van der Waals surface area contributed by atoms with E-state index in [0.29, 0.717) is 27.8 Å². The van der Waals surface area contributed by atoms with Crippen LogP contribution in [-0.4, -0.2) is 15.7 Å². The van der Waals surface area contributed by atoms with E-state index >= 15 is 0 Å². The number of hydrogen-bond acceptors (Lipinski definition) is 4. The lowest BCUT2D eigenvalue weighted by Crippen LogP contribution is -2.10. The minimum Gasteiger partial charge on any atom is -0.485 e. The van der Waals surface area contributed by atoms with Crippen LogP contribution >= 0.6 is 11.6 Å². The fourth-order valence-electron chi connectivity index (χ4n) is 3.01. The number of carbonyl (C=O) groups excluding carboxylic acids is 1. The van der Waals surface area contributed by atoms with Gasteiger partial charge in [-0.25, -0.2) is 4.39 Å². The molecule has 0 spiro atoms. The summed E-state index contributed by atoms with van der Waals surface area (Å²) in [6, 6.07) is 15.1. The summed E-state index contributed by atoms with van der Waals surface area (Å²) in [6.07, 6.45) is 3.12. The van der Waals surface area contributed by atoms with Crippen LogP contribution in [0.25, 0.3) is 0 Å². The summed E-state index contributed by atoms with van der Waals surface area (Å²) in [7, 11) is 0. The van der Waals surface area contributed by atoms with Crippen molar-refractivity contribution in [2.75, 3.05) is 5.32 Å². The van der Waals surface area contributed by atoms with Crippen molar-refractivity contribution in [3.63, 3.8) is 0 Å². The molecule has 4 rings (SSSR count). The van der Waals surface area contributed by atoms with Crippen LogP contribution in [0, 0.1) is 12.7 Å². The molecule has 0 saturated carbocycles. The van der Waals surface area contributed by atoms with E-state index in [-0.39, 0.29) is 24.7 Å². The normalized spacial score (nSPS) is 10.8. The van der Waals surface area contributed by atoms with E-state index in [4.69, 9.17) is 20.8 Å². The molecular weight excluding hydrogens is 421 g/mol. The Morgan fingerprint density at radius 3 is 2.87 bits per heavy atom. The highest BCUT2D eigenvalue weighted by atomic mass is 35.5. The van der Waals surface area contributed by atoms with E-state index in [1.165, 1.54) is 12.3 Å². The molecule has 31 heavy (non-hydrogen) atoms. The number of hydrogen-bond donors (Lipinski definition) is 1. The van der Waals surface area contributed by atoms with Crippen molar-refractivity contribution >= 4 is 23.2 Å². The molecule has 0 aliphatic rings. The zero-order valence-corrected chi connectivity index (χ0v) is 17.4. The van der Waals surface area contributed by atoms with Crippen LogP contribution in [0.5, 0.6) is 5.75 Å². The molecule has 1 N–H and O–H groups in total. The van der Waals surface area contributed by atoms with E-state index in [1.807, 2.05) is 13.0 Å². The molecule has 1 amide bonds. The van der Waals surface area contributed by atoms with E-state index in [1.54, 1.807) is 53.3 Å². The highest BCUT2D eigenvalue weighted by molar-refractivity contribution is 6.30. The lowest BCUT2D eigenvalue weighted by molar-refractivity contribution is 0.0992. The highest BCUT2D eigenvalue weighted by Gasteiger charge is 2.14. The van der Waals surface area contributed by atoms with Gasteiger partial charge in [0.1, 0.15) is 23.9 Å². The number of furan rings is 1. The van der Waals surface area contributed by atoms with Gasteiger partial charge in [-0.1, -0.05) is 29.8 Å². The van der Waals surface area contributed by atoms with Crippen LogP contribution < -0.4 is 10.1 Å². The number of nitrogens with zero attached hydrogens (tertiary/aromatic N) is 2. The summed E-state index contributed by atoms with van der Waals surface area (Å²) in [4.78, 5) is 12.5. The van der Waals surface area contributed by atoms with Crippen molar-refractivity contribution in [3.05, 3.63) is 100 Å². The van der Waals surface area contributed by atoms with Gasteiger partial charge in [0.25, 0.3) is 5.91 Å². The number of amides is 1. The summed E-state index contributed by atoms with van der Waals surface area (Å²) < 4.78 is 26.6. The van der Waals surface area contributed by atoms with Gasteiger partial charge in [-0.05, 0) is 48.9 Å². The number of aryl methyl sites for hydroxylation is 1. The van der Waals surface area contributed by atoms with Crippen molar-refractivity contribution in [1.82, 2.24) is 9.78 Å². The Labute approximate surface area is 183 Å². The molecule has 2 heterocycles. The molecular formula is C23H19ClFN3O3. The summed E-state index contributed by atoms with van der Waals surface area (Å²) in [5, 5.41) is 7.51. The third kappa shape index (κ3) is 5.13. The summed E-state index contributed by atoms with van der Waals surface area (Å²) >= 11 is 5.95. The standard InChI is InChI=1S/C23H19ClFN3O3/c1-15-10-17(24)6-8-21(15)30-14-19-7-9-22(31-19)23(29)27-18-11-26-28(13-18)12-16-4-2-3-5-20(16)25/h2-11,13H,12,14H2,1H3,(H,27,29). The number of carbonyl (C=O) groups is 1. The molecule has 0 atom stereocenters. The Balaban J connectivity index is 1.35. The second-order valence-corrected chi connectivity index (χ2v) is 7.37. The van der Waals surface area contributed by atoms with Crippen molar-refractivity contribution < 1.29 is 18.3 Å². The third-order valence-corrected chi connectivity index (χ3v) is 4.81. The molecule has 8 heteroatoms. The van der Waals surface area contributed by atoms with E-state index < -0.39 is 5.91 Å². The Morgan fingerprint density at radius 2 is 2.06 bits per heavy atom. The largest absolute Gasteiger partial charge is 0.485 e. The van der Waals surface area contributed by atoms with Crippen LogP contribution in [-0.2, 0) is 13.2 Å². The van der Waals surface area contributed by atoms with Gasteiger partial charge >= 0.3 is 0 Å². The van der Waals surface area contributed by atoms with Gasteiger partial charge < -0.3 is 14.5 Å². The van der Waals surface area contributed by atoms with Gasteiger partial charge in [-0.2, -0.15) is 5.10 Å². The molecule has 4 aromatic rings. The maximum Gasteiger partial charge on any atom is 0.291 e. The lowest BCUT2D eigenvalue weighted by atomic mass is 10.2. The van der Waals surface area contributed by atoms with Crippen LogP contribution in [0.4, 0.5) is 10.1 Å². The van der Waals surface area contributed by atoms with Crippen molar-refractivity contribution in [2.45, 2.75) is 20.1 Å². The molecule has 6 nitrogen and oxygen atoms in total. The quantitative estimate of drug-likeness (QED) is 0.415. The van der Waals surface area contributed by atoms with E-state index in [2.05, 4.69) is 10.4 Å². The van der Waals surface area contributed by atoms with Gasteiger partial charge in [0.15, 0.2) is 5.76 Å². The summed E-state index contributed by atoms with van der Waals surface area (Å²) in [5.74, 6) is 0.624. The minimum atomic E-state index is -0.417. The number of nitrogens with one attached hydrogen (secondary N) is 1. The summed E-state index contributed by atoms with van der Waals surface area (Å²) in [5.41, 5.74) is 1.90. The molecule has 0 bridgehead atoms. The minimum absolute atomic E-state index is 0.147. The second kappa shape index (κ2) is 9.06. The fraction of sp³-hybridized carbons (Fsp3) is 0.130. The van der Waals surface area contributed by atoms with Gasteiger partial charge in [0.05, 0.1) is 18.4 Å². The predicted molar refractivity (Wildman–Crippen MR) is 115 cm³/mol. The average molecular weight is 440 g/mol. The first-order valence-electron chi connectivity index (χ1n) is 9.53. The van der Waals surface area contributed by atoms with Crippen molar-refractivity contribution in [1.29, 1.82) is 0 Å². The van der Waals surface area contributed by atoms with Gasteiger partial charge in [-0.3, -0.25) is 9.48 Å². The number of ether oxygens (including phenoxy) is 1. The number of rotatable bonds is 7. The van der Waals surface area contributed by atoms with Crippen LogP contribution in [0.1, 0.15) is 27.4 Å². The van der Waals surface area contributed by atoms with Gasteiger partial charge in [0, 0.05) is 16.8 Å². The zero-order valence-electron chi connectivity index (χ0n) is 16.6. The number of halogens is 2. The van der Waals surface area contributed by atoms with E-state index in [9.17, 15) is 9.18 Å². The lowest BCUT2D eigenvalue weighted by Gasteiger charge is -2.07. The molecule has 0 aliphatic heterocycles. The Bertz CT molecular complexity index is 1220. The smallest absolute Gasteiger partial charge is 0.291 e. The monoisotopic (exact) mass is 439 g/mol. The Kier molecular flexibility index (Phi) is 6.04.